The molecule has 0 atom stereocenters. The number of furan rings is 1. The monoisotopic (exact) mass is 407 g/mol. The van der Waals surface area contributed by atoms with Crippen molar-refractivity contribution in [3.05, 3.63) is 84.3 Å². The Labute approximate surface area is 171 Å². The number of urea groups is 1. The fourth-order valence-corrected chi connectivity index (χ4v) is 2.35. The number of rotatable bonds is 6. The van der Waals surface area contributed by atoms with Gasteiger partial charge in [-0.2, -0.15) is 0 Å². The zero-order chi connectivity index (χ0) is 21.3. The Bertz CT molecular complexity index is 1030. The molecule has 0 saturated carbocycles. The molecule has 0 fully saturated rings. The van der Waals surface area contributed by atoms with E-state index in [0.717, 1.165) is 0 Å². The molecule has 0 unspecified atom stereocenters. The number of hydrogen-bond acceptors (Lipinski definition) is 6. The van der Waals surface area contributed by atoms with Crippen LogP contribution in [0.3, 0.4) is 0 Å². The van der Waals surface area contributed by atoms with Crippen molar-refractivity contribution < 1.29 is 28.3 Å². The van der Waals surface area contributed by atoms with Gasteiger partial charge in [0.2, 0.25) is 0 Å². The third-order valence-corrected chi connectivity index (χ3v) is 3.74. The van der Waals surface area contributed by atoms with E-state index in [2.05, 4.69) is 16.0 Å². The van der Waals surface area contributed by atoms with E-state index in [4.69, 9.17) is 9.15 Å². The highest BCUT2D eigenvalue weighted by molar-refractivity contribution is 6.03. The fourth-order valence-electron chi connectivity index (χ4n) is 2.35. The lowest BCUT2D eigenvalue weighted by molar-refractivity contribution is -0.123. The Morgan fingerprint density at radius 1 is 0.800 bits per heavy atom. The van der Waals surface area contributed by atoms with Crippen molar-refractivity contribution in [3.63, 3.8) is 0 Å². The molecule has 4 amide bonds. The minimum absolute atomic E-state index is 0.154. The van der Waals surface area contributed by atoms with Gasteiger partial charge >= 0.3 is 12.0 Å². The summed E-state index contributed by atoms with van der Waals surface area (Å²) in [5, 5.41) is 7.14. The van der Waals surface area contributed by atoms with E-state index in [0.29, 0.717) is 11.4 Å². The first-order chi connectivity index (χ1) is 14.5. The van der Waals surface area contributed by atoms with Gasteiger partial charge in [-0.05, 0) is 48.5 Å². The van der Waals surface area contributed by atoms with Crippen molar-refractivity contribution in [1.29, 1.82) is 0 Å². The van der Waals surface area contributed by atoms with Crippen molar-refractivity contribution >= 4 is 35.2 Å². The summed E-state index contributed by atoms with van der Waals surface area (Å²) in [4.78, 5) is 47.4. The molecule has 2 aromatic carbocycles. The standard InChI is InChI=1S/C21H17N3O6/c25-18(24-21(28)23-15-5-2-1-3-6-15)13-30-20(27)14-8-10-16(11-9-14)22-19(26)17-7-4-12-29-17/h1-12H,13H2,(H,22,26)(H2,23,24,25,28). The van der Waals surface area contributed by atoms with Crippen LogP contribution < -0.4 is 16.0 Å². The highest BCUT2D eigenvalue weighted by Crippen LogP contribution is 2.12. The SMILES string of the molecule is O=C(COC(=O)c1ccc(NC(=O)c2ccco2)cc1)NC(=O)Nc1ccccc1. The second-order valence-electron chi connectivity index (χ2n) is 5.95. The Balaban J connectivity index is 1.44. The number of ether oxygens (including phenoxy) is 1. The summed E-state index contributed by atoms with van der Waals surface area (Å²) in [5.74, 6) is -1.81. The summed E-state index contributed by atoms with van der Waals surface area (Å²) in [5.41, 5.74) is 1.13. The maximum Gasteiger partial charge on any atom is 0.338 e. The zero-order valence-electron chi connectivity index (χ0n) is 15.6. The van der Waals surface area contributed by atoms with E-state index in [1.54, 1.807) is 36.4 Å². The number of esters is 1. The average Bonchev–Trinajstić information content (AvgIpc) is 3.28. The molecule has 9 nitrogen and oxygen atoms in total. The zero-order valence-corrected chi connectivity index (χ0v) is 15.6. The van der Waals surface area contributed by atoms with Gasteiger partial charge in [0.05, 0.1) is 11.8 Å². The van der Waals surface area contributed by atoms with Gasteiger partial charge in [0.25, 0.3) is 11.8 Å². The van der Waals surface area contributed by atoms with Crippen molar-refractivity contribution in [2.75, 3.05) is 17.2 Å². The quantitative estimate of drug-likeness (QED) is 0.539. The van der Waals surface area contributed by atoms with Crippen molar-refractivity contribution in [1.82, 2.24) is 5.32 Å². The lowest BCUT2D eigenvalue weighted by Crippen LogP contribution is -2.37. The van der Waals surface area contributed by atoms with Gasteiger partial charge in [0, 0.05) is 11.4 Å². The van der Waals surface area contributed by atoms with Crippen LogP contribution in [-0.4, -0.2) is 30.4 Å². The summed E-state index contributed by atoms with van der Waals surface area (Å²) >= 11 is 0. The maximum absolute atomic E-state index is 12.0. The van der Waals surface area contributed by atoms with Crippen molar-refractivity contribution in [2.45, 2.75) is 0 Å². The molecule has 0 bridgehead atoms. The van der Waals surface area contributed by atoms with E-state index in [9.17, 15) is 19.2 Å². The molecular formula is C21H17N3O6. The first kappa shape index (κ1) is 20.3. The predicted octanol–water partition coefficient (Wildman–Crippen LogP) is 3.04. The van der Waals surface area contributed by atoms with E-state index in [1.807, 2.05) is 0 Å². The summed E-state index contributed by atoms with van der Waals surface area (Å²) < 4.78 is 9.88. The molecule has 0 saturated heterocycles. The molecule has 152 valence electrons. The second-order valence-corrected chi connectivity index (χ2v) is 5.95. The third kappa shape index (κ3) is 5.80. The smallest absolute Gasteiger partial charge is 0.338 e. The maximum atomic E-state index is 12.0. The number of nitrogens with one attached hydrogen (secondary N) is 3. The normalized spacial score (nSPS) is 10.0. The lowest BCUT2D eigenvalue weighted by Gasteiger charge is -2.08. The van der Waals surface area contributed by atoms with Crippen LogP contribution in [0, 0.1) is 0 Å². The van der Waals surface area contributed by atoms with Gasteiger partial charge in [0.1, 0.15) is 0 Å². The Morgan fingerprint density at radius 3 is 2.17 bits per heavy atom. The average molecular weight is 407 g/mol. The predicted molar refractivity (Wildman–Crippen MR) is 107 cm³/mol. The molecule has 9 heteroatoms. The van der Waals surface area contributed by atoms with Gasteiger partial charge in [-0.3, -0.25) is 14.9 Å². The molecule has 0 radical (unpaired) electrons. The molecule has 3 rings (SSSR count). The number of para-hydroxylation sites is 1. The Kier molecular flexibility index (Phi) is 6.57. The van der Waals surface area contributed by atoms with Crippen LogP contribution in [0.5, 0.6) is 0 Å². The molecule has 3 aromatic rings. The number of carbonyl (C=O) groups excluding carboxylic acids is 4. The highest BCUT2D eigenvalue weighted by Gasteiger charge is 2.13. The van der Waals surface area contributed by atoms with Crippen LogP contribution in [0.1, 0.15) is 20.9 Å². The Morgan fingerprint density at radius 2 is 1.50 bits per heavy atom. The topological polar surface area (TPSA) is 127 Å². The molecule has 1 aromatic heterocycles. The third-order valence-electron chi connectivity index (χ3n) is 3.74. The van der Waals surface area contributed by atoms with Crippen LogP contribution in [-0.2, 0) is 9.53 Å². The molecule has 0 aliphatic rings. The summed E-state index contributed by atoms with van der Waals surface area (Å²) in [6.45, 7) is -0.627. The Hall–Kier alpha value is -4.40. The number of hydrogen-bond donors (Lipinski definition) is 3. The number of amides is 4. The fraction of sp³-hybridized carbons (Fsp3) is 0.0476. The van der Waals surface area contributed by atoms with Crippen LogP contribution in [0.4, 0.5) is 16.2 Å². The molecule has 30 heavy (non-hydrogen) atoms. The van der Waals surface area contributed by atoms with Crippen molar-refractivity contribution in [2.24, 2.45) is 0 Å². The van der Waals surface area contributed by atoms with Crippen molar-refractivity contribution in [3.8, 4) is 0 Å². The minimum atomic E-state index is -0.779. The molecular weight excluding hydrogens is 390 g/mol. The van der Waals surface area contributed by atoms with E-state index in [1.165, 1.54) is 36.6 Å². The van der Waals surface area contributed by atoms with E-state index in [-0.39, 0.29) is 11.3 Å². The largest absolute Gasteiger partial charge is 0.459 e. The minimum Gasteiger partial charge on any atom is -0.459 e. The molecule has 1 heterocycles. The molecule has 3 N–H and O–H groups in total. The van der Waals surface area contributed by atoms with E-state index >= 15 is 0 Å². The summed E-state index contributed by atoms with van der Waals surface area (Å²) in [6.07, 6.45) is 1.38. The van der Waals surface area contributed by atoms with Crippen LogP contribution in [0.25, 0.3) is 0 Å². The summed E-state index contributed by atoms with van der Waals surface area (Å²) in [7, 11) is 0. The first-order valence-electron chi connectivity index (χ1n) is 8.79. The molecule has 0 spiro atoms. The summed E-state index contributed by atoms with van der Waals surface area (Å²) in [6, 6.07) is 16.8. The molecule has 0 aliphatic heterocycles. The lowest BCUT2D eigenvalue weighted by atomic mass is 10.2. The van der Waals surface area contributed by atoms with Crippen LogP contribution >= 0.6 is 0 Å². The number of carbonyl (C=O) groups is 4. The highest BCUT2D eigenvalue weighted by atomic mass is 16.5. The van der Waals surface area contributed by atoms with Gasteiger partial charge in [0.15, 0.2) is 12.4 Å². The van der Waals surface area contributed by atoms with Gasteiger partial charge in [-0.25, -0.2) is 9.59 Å². The number of anilines is 2. The van der Waals surface area contributed by atoms with Gasteiger partial charge in [-0.1, -0.05) is 18.2 Å². The van der Waals surface area contributed by atoms with Gasteiger partial charge in [-0.15, -0.1) is 0 Å². The van der Waals surface area contributed by atoms with Crippen LogP contribution in [0.2, 0.25) is 0 Å². The van der Waals surface area contributed by atoms with Crippen LogP contribution in [0.15, 0.2) is 77.4 Å². The molecule has 0 aliphatic carbocycles. The first-order valence-corrected chi connectivity index (χ1v) is 8.79. The van der Waals surface area contributed by atoms with E-state index < -0.39 is 30.4 Å². The second kappa shape index (κ2) is 9.69. The number of benzene rings is 2. The number of imide groups is 1. The van der Waals surface area contributed by atoms with Gasteiger partial charge < -0.3 is 19.8 Å².